The third-order valence-electron chi connectivity index (χ3n) is 3.43. The van der Waals surface area contributed by atoms with Gasteiger partial charge in [0.2, 0.25) is 0 Å². The molecule has 0 saturated carbocycles. The number of thiocarbonyl (C=S) groups is 1. The maximum Gasteiger partial charge on any atom is 0.293 e. The van der Waals surface area contributed by atoms with Crippen molar-refractivity contribution in [3.63, 3.8) is 0 Å². The Morgan fingerprint density at radius 2 is 1.81 bits per heavy atom. The fraction of sp³-hybridized carbons (Fsp3) is 0. The summed E-state index contributed by atoms with van der Waals surface area (Å²) in [5.74, 6) is -0.125. The normalized spacial score (nSPS) is 10.2. The van der Waals surface area contributed by atoms with Crippen LogP contribution < -0.4 is 10.6 Å². The van der Waals surface area contributed by atoms with Crippen LogP contribution in [0.15, 0.2) is 71.1 Å². The Morgan fingerprint density at radius 1 is 1.04 bits per heavy atom. The van der Waals surface area contributed by atoms with E-state index in [0.29, 0.717) is 11.3 Å². The number of nitrogens with zero attached hydrogens (tertiary/aromatic N) is 1. The van der Waals surface area contributed by atoms with Gasteiger partial charge in [0.25, 0.3) is 11.6 Å². The molecule has 130 valence electrons. The largest absolute Gasteiger partial charge is 0.451 e. The summed E-state index contributed by atoms with van der Waals surface area (Å²) in [7, 11) is 0. The minimum atomic E-state index is -0.518. The molecule has 0 aliphatic heterocycles. The summed E-state index contributed by atoms with van der Waals surface area (Å²) < 4.78 is 5.50. The van der Waals surface area contributed by atoms with E-state index in [2.05, 4.69) is 10.6 Å². The van der Waals surface area contributed by atoms with Crippen LogP contribution in [0.5, 0.6) is 0 Å². The molecule has 0 aliphatic rings. The average Bonchev–Trinajstić information content (AvgIpc) is 3.13. The topological polar surface area (TPSA) is 97.4 Å². The van der Waals surface area contributed by atoms with Crippen LogP contribution in [0.25, 0.3) is 11.3 Å². The highest BCUT2D eigenvalue weighted by atomic mass is 32.1. The molecule has 26 heavy (non-hydrogen) atoms. The van der Waals surface area contributed by atoms with Crippen molar-refractivity contribution in [1.82, 2.24) is 5.32 Å². The molecule has 0 aliphatic carbocycles. The van der Waals surface area contributed by atoms with Crippen LogP contribution in [0.3, 0.4) is 0 Å². The van der Waals surface area contributed by atoms with Gasteiger partial charge in [-0.3, -0.25) is 20.2 Å². The number of hydrogen-bond acceptors (Lipinski definition) is 5. The maximum absolute atomic E-state index is 12.2. The lowest BCUT2D eigenvalue weighted by molar-refractivity contribution is -0.384. The summed E-state index contributed by atoms with van der Waals surface area (Å²) >= 11 is 5.10. The molecule has 0 saturated heterocycles. The van der Waals surface area contributed by atoms with E-state index in [0.717, 1.165) is 5.69 Å². The smallest absolute Gasteiger partial charge is 0.293 e. The van der Waals surface area contributed by atoms with E-state index in [1.54, 1.807) is 18.2 Å². The van der Waals surface area contributed by atoms with E-state index in [-0.39, 0.29) is 16.6 Å². The van der Waals surface area contributed by atoms with Gasteiger partial charge in [-0.15, -0.1) is 0 Å². The number of nitro benzene ring substituents is 1. The Hall–Kier alpha value is -3.52. The molecular weight excluding hydrogens is 354 g/mol. The fourth-order valence-corrected chi connectivity index (χ4v) is 2.45. The summed E-state index contributed by atoms with van der Waals surface area (Å²) in [6, 6.07) is 18.2. The maximum atomic E-state index is 12.2. The summed E-state index contributed by atoms with van der Waals surface area (Å²) in [6.45, 7) is 0. The van der Waals surface area contributed by atoms with Gasteiger partial charge < -0.3 is 9.73 Å². The van der Waals surface area contributed by atoms with Crippen molar-refractivity contribution in [2.75, 3.05) is 5.32 Å². The van der Waals surface area contributed by atoms with Crippen LogP contribution >= 0.6 is 12.2 Å². The van der Waals surface area contributed by atoms with Crippen LogP contribution in [0.2, 0.25) is 0 Å². The number of rotatable bonds is 4. The van der Waals surface area contributed by atoms with Gasteiger partial charge in [-0.1, -0.05) is 30.3 Å². The van der Waals surface area contributed by atoms with E-state index in [1.165, 1.54) is 18.2 Å². The van der Waals surface area contributed by atoms with Crippen LogP contribution in [-0.2, 0) is 0 Å². The summed E-state index contributed by atoms with van der Waals surface area (Å²) in [5.41, 5.74) is 1.19. The minimum absolute atomic E-state index is 0.0451. The molecule has 0 spiro atoms. The quantitative estimate of drug-likeness (QED) is 0.411. The monoisotopic (exact) mass is 367 g/mol. The SMILES string of the molecule is O=C(NC(=S)Nc1ccccc1)c1ccc(-c2cccc([N+](=O)[O-])c2)o1. The zero-order valence-corrected chi connectivity index (χ0v) is 14.2. The molecule has 0 unspecified atom stereocenters. The molecule has 1 aromatic heterocycles. The number of nitrogens with one attached hydrogen (secondary N) is 2. The van der Waals surface area contributed by atoms with Gasteiger partial charge in [0.15, 0.2) is 10.9 Å². The van der Waals surface area contributed by atoms with Crippen molar-refractivity contribution in [1.29, 1.82) is 0 Å². The average molecular weight is 367 g/mol. The van der Waals surface area contributed by atoms with Crippen LogP contribution in [0.1, 0.15) is 10.6 Å². The number of amides is 1. The molecule has 0 atom stereocenters. The number of nitro groups is 1. The summed E-state index contributed by atoms with van der Waals surface area (Å²) in [5, 5.41) is 16.4. The van der Waals surface area contributed by atoms with E-state index >= 15 is 0 Å². The highest BCUT2D eigenvalue weighted by Gasteiger charge is 2.15. The Balaban J connectivity index is 1.69. The Bertz CT molecular complexity index is 969. The fourth-order valence-electron chi connectivity index (χ4n) is 2.24. The lowest BCUT2D eigenvalue weighted by Crippen LogP contribution is -2.33. The number of carbonyl (C=O) groups is 1. The molecule has 3 rings (SSSR count). The van der Waals surface area contributed by atoms with E-state index in [1.807, 2.05) is 30.3 Å². The van der Waals surface area contributed by atoms with Gasteiger partial charge in [0, 0.05) is 23.4 Å². The minimum Gasteiger partial charge on any atom is -0.451 e. The second kappa shape index (κ2) is 7.58. The van der Waals surface area contributed by atoms with Gasteiger partial charge in [-0.05, 0) is 36.5 Å². The molecule has 1 amide bonds. The molecule has 0 bridgehead atoms. The predicted octanol–water partition coefficient (Wildman–Crippen LogP) is 3.98. The van der Waals surface area contributed by atoms with Crippen molar-refractivity contribution in [2.45, 2.75) is 0 Å². The van der Waals surface area contributed by atoms with Crippen molar-refractivity contribution in [3.05, 3.63) is 82.6 Å². The molecular formula is C18H13N3O4S. The third kappa shape index (κ3) is 4.11. The number of anilines is 1. The first-order valence-corrected chi connectivity index (χ1v) is 7.96. The lowest BCUT2D eigenvalue weighted by atomic mass is 10.1. The Morgan fingerprint density at radius 3 is 2.54 bits per heavy atom. The number of furan rings is 1. The highest BCUT2D eigenvalue weighted by Crippen LogP contribution is 2.25. The molecule has 3 aromatic rings. The van der Waals surface area contributed by atoms with Crippen molar-refractivity contribution < 1.29 is 14.1 Å². The molecule has 2 aromatic carbocycles. The number of para-hydroxylation sites is 1. The van der Waals surface area contributed by atoms with Crippen LogP contribution in [-0.4, -0.2) is 15.9 Å². The summed E-state index contributed by atoms with van der Waals surface area (Å²) in [4.78, 5) is 22.6. The van der Waals surface area contributed by atoms with Crippen molar-refractivity contribution in [3.8, 4) is 11.3 Å². The molecule has 7 nitrogen and oxygen atoms in total. The van der Waals surface area contributed by atoms with E-state index < -0.39 is 10.8 Å². The molecule has 0 radical (unpaired) electrons. The second-order valence-electron chi connectivity index (χ2n) is 5.25. The van der Waals surface area contributed by atoms with Gasteiger partial charge in [-0.25, -0.2) is 0 Å². The van der Waals surface area contributed by atoms with Crippen LogP contribution in [0.4, 0.5) is 11.4 Å². The number of carbonyl (C=O) groups excluding carboxylic acids is 1. The van der Waals surface area contributed by atoms with Crippen LogP contribution in [0, 0.1) is 10.1 Å². The first kappa shape index (κ1) is 17.3. The van der Waals surface area contributed by atoms with Gasteiger partial charge in [-0.2, -0.15) is 0 Å². The number of hydrogen-bond donors (Lipinski definition) is 2. The lowest BCUT2D eigenvalue weighted by Gasteiger charge is -2.08. The van der Waals surface area contributed by atoms with Gasteiger partial charge >= 0.3 is 0 Å². The first-order chi connectivity index (χ1) is 12.5. The Kier molecular flexibility index (Phi) is 5.04. The second-order valence-corrected chi connectivity index (χ2v) is 5.65. The number of non-ortho nitro benzene ring substituents is 1. The van der Waals surface area contributed by atoms with Crippen molar-refractivity contribution >= 4 is 34.6 Å². The highest BCUT2D eigenvalue weighted by molar-refractivity contribution is 7.80. The first-order valence-electron chi connectivity index (χ1n) is 7.55. The molecule has 2 N–H and O–H groups in total. The zero-order valence-electron chi connectivity index (χ0n) is 13.3. The molecule has 8 heteroatoms. The number of benzene rings is 2. The predicted molar refractivity (Wildman–Crippen MR) is 101 cm³/mol. The molecule has 0 fully saturated rings. The van der Waals surface area contributed by atoms with Gasteiger partial charge in [0.1, 0.15) is 5.76 Å². The standard InChI is InChI=1S/C18H13N3O4S/c22-17(20-18(26)19-13-6-2-1-3-7-13)16-10-9-15(25-16)12-5-4-8-14(11-12)21(23)24/h1-11H,(H2,19,20,22,26). The van der Waals surface area contributed by atoms with Crippen molar-refractivity contribution in [2.24, 2.45) is 0 Å². The van der Waals surface area contributed by atoms with E-state index in [4.69, 9.17) is 16.6 Å². The zero-order chi connectivity index (χ0) is 18.5. The Labute approximate surface area is 153 Å². The third-order valence-corrected chi connectivity index (χ3v) is 3.63. The van der Waals surface area contributed by atoms with Gasteiger partial charge in [0.05, 0.1) is 4.92 Å². The van der Waals surface area contributed by atoms with E-state index in [9.17, 15) is 14.9 Å². The summed E-state index contributed by atoms with van der Waals surface area (Å²) in [6.07, 6.45) is 0. The molecule has 1 heterocycles.